The first-order chi connectivity index (χ1) is 11.3. The molecule has 0 aromatic carbocycles. The lowest BCUT2D eigenvalue weighted by Crippen LogP contribution is -2.47. The largest absolute Gasteiger partial charge is 0.378 e. The number of likely N-dealkylation sites (tertiary alicyclic amines) is 2. The minimum Gasteiger partial charge on any atom is -0.378 e. The van der Waals surface area contributed by atoms with E-state index in [2.05, 4.69) is 29.0 Å². The van der Waals surface area contributed by atoms with Gasteiger partial charge in [-0.25, -0.2) is 0 Å². The van der Waals surface area contributed by atoms with Gasteiger partial charge in [-0.3, -0.25) is 4.99 Å². The highest BCUT2D eigenvalue weighted by Crippen LogP contribution is 2.14. The molecule has 0 aliphatic carbocycles. The Kier molecular flexibility index (Phi) is 12.0. The van der Waals surface area contributed by atoms with Crippen molar-refractivity contribution in [1.29, 1.82) is 0 Å². The first-order valence-corrected chi connectivity index (χ1v) is 9.70. The highest BCUT2D eigenvalue weighted by molar-refractivity contribution is 14.0. The normalized spacial score (nSPS) is 21.2. The first kappa shape index (κ1) is 22.0. The molecule has 6 heteroatoms. The summed E-state index contributed by atoms with van der Waals surface area (Å²) in [7, 11) is 0. The van der Waals surface area contributed by atoms with Crippen LogP contribution in [0.15, 0.2) is 4.99 Å². The lowest BCUT2D eigenvalue weighted by Gasteiger charge is -2.34. The molecule has 0 amide bonds. The predicted molar refractivity (Wildman–Crippen MR) is 113 cm³/mol. The second-order valence-electron chi connectivity index (χ2n) is 6.63. The van der Waals surface area contributed by atoms with Crippen LogP contribution in [-0.4, -0.2) is 74.3 Å². The minimum absolute atomic E-state index is 0. The van der Waals surface area contributed by atoms with E-state index in [1.807, 2.05) is 0 Å². The topological polar surface area (TPSA) is 40.1 Å². The molecule has 0 saturated carbocycles. The predicted octanol–water partition coefficient (Wildman–Crippen LogP) is 2.95. The first-order valence-electron chi connectivity index (χ1n) is 9.70. The molecular formula is C18H37IN4O. The van der Waals surface area contributed by atoms with E-state index in [4.69, 9.17) is 9.73 Å². The van der Waals surface area contributed by atoms with Crippen LogP contribution in [0.2, 0.25) is 0 Å². The van der Waals surface area contributed by atoms with E-state index in [1.165, 1.54) is 38.8 Å². The van der Waals surface area contributed by atoms with E-state index < -0.39 is 0 Å². The summed E-state index contributed by atoms with van der Waals surface area (Å²) in [5.74, 6) is 1.09. The van der Waals surface area contributed by atoms with Crippen molar-refractivity contribution in [3.05, 3.63) is 0 Å². The Hall–Kier alpha value is -0.0800. The van der Waals surface area contributed by atoms with Gasteiger partial charge in [0.25, 0.3) is 0 Å². The molecule has 24 heavy (non-hydrogen) atoms. The number of piperidine rings is 1. The number of aliphatic imine (C=N–C) groups is 1. The summed E-state index contributed by atoms with van der Waals surface area (Å²) in [5.41, 5.74) is 0. The number of nitrogens with zero attached hydrogens (tertiary/aromatic N) is 3. The standard InChI is InChI=1S/C18H36N4O.HI/c1-3-19-18(22-14-9-17(10-15-22)23-4-2)20-11-16-21-12-7-5-6-8-13-21;/h17H,3-16H2,1-2H3,(H,19,20);1H. The molecule has 0 bridgehead atoms. The molecular weight excluding hydrogens is 415 g/mol. The molecule has 1 N–H and O–H groups in total. The number of guanidine groups is 1. The SMILES string of the molecule is CCNC(=NCCN1CCCCCC1)N1CCC(OCC)CC1.I. The zero-order valence-corrected chi connectivity index (χ0v) is 18.0. The van der Waals surface area contributed by atoms with Crippen LogP contribution in [0.1, 0.15) is 52.4 Å². The van der Waals surface area contributed by atoms with Crippen LogP contribution in [0, 0.1) is 0 Å². The maximum atomic E-state index is 5.75. The highest BCUT2D eigenvalue weighted by atomic mass is 127. The summed E-state index contributed by atoms with van der Waals surface area (Å²) in [5, 5.41) is 3.47. The van der Waals surface area contributed by atoms with E-state index >= 15 is 0 Å². The van der Waals surface area contributed by atoms with Gasteiger partial charge in [-0.15, -0.1) is 24.0 Å². The van der Waals surface area contributed by atoms with Gasteiger partial charge in [0.2, 0.25) is 0 Å². The fourth-order valence-electron chi connectivity index (χ4n) is 3.55. The van der Waals surface area contributed by atoms with Crippen molar-refractivity contribution >= 4 is 29.9 Å². The molecule has 2 fully saturated rings. The quantitative estimate of drug-likeness (QED) is 0.382. The Morgan fingerprint density at radius 2 is 1.71 bits per heavy atom. The second-order valence-corrected chi connectivity index (χ2v) is 6.63. The summed E-state index contributed by atoms with van der Waals surface area (Å²) in [6.45, 7) is 12.6. The Morgan fingerprint density at radius 1 is 1.04 bits per heavy atom. The van der Waals surface area contributed by atoms with Crippen molar-refractivity contribution in [2.45, 2.75) is 58.5 Å². The van der Waals surface area contributed by atoms with E-state index in [9.17, 15) is 0 Å². The van der Waals surface area contributed by atoms with Gasteiger partial charge in [0.15, 0.2) is 5.96 Å². The van der Waals surface area contributed by atoms with Crippen LogP contribution in [0.4, 0.5) is 0 Å². The van der Waals surface area contributed by atoms with E-state index in [0.717, 1.165) is 58.1 Å². The lowest BCUT2D eigenvalue weighted by atomic mass is 10.1. The molecule has 0 aromatic rings. The Morgan fingerprint density at radius 3 is 2.29 bits per heavy atom. The molecule has 2 heterocycles. The van der Waals surface area contributed by atoms with E-state index in [-0.39, 0.29) is 24.0 Å². The number of hydrogen-bond acceptors (Lipinski definition) is 3. The Labute approximate surface area is 165 Å². The molecule has 0 unspecified atom stereocenters. The fourth-order valence-corrected chi connectivity index (χ4v) is 3.55. The van der Waals surface area contributed by atoms with Gasteiger partial charge in [-0.1, -0.05) is 12.8 Å². The summed E-state index contributed by atoms with van der Waals surface area (Å²) >= 11 is 0. The third-order valence-corrected chi connectivity index (χ3v) is 4.86. The smallest absolute Gasteiger partial charge is 0.193 e. The molecule has 5 nitrogen and oxygen atoms in total. The molecule has 0 atom stereocenters. The minimum atomic E-state index is 0. The van der Waals surface area contributed by atoms with Crippen molar-refractivity contribution in [1.82, 2.24) is 15.1 Å². The lowest BCUT2D eigenvalue weighted by molar-refractivity contribution is 0.0263. The zero-order chi connectivity index (χ0) is 16.3. The number of rotatable bonds is 6. The Balaban J connectivity index is 0.00000288. The van der Waals surface area contributed by atoms with Crippen LogP contribution >= 0.6 is 24.0 Å². The molecule has 2 aliphatic heterocycles. The molecule has 2 saturated heterocycles. The average molecular weight is 452 g/mol. The van der Waals surface area contributed by atoms with Crippen LogP contribution in [0.5, 0.6) is 0 Å². The summed E-state index contributed by atoms with van der Waals surface area (Å²) in [6, 6.07) is 0. The maximum Gasteiger partial charge on any atom is 0.193 e. The van der Waals surface area contributed by atoms with E-state index in [1.54, 1.807) is 0 Å². The van der Waals surface area contributed by atoms with Crippen molar-refractivity contribution in [2.24, 2.45) is 4.99 Å². The van der Waals surface area contributed by atoms with Gasteiger partial charge in [-0.2, -0.15) is 0 Å². The van der Waals surface area contributed by atoms with Crippen molar-refractivity contribution in [3.8, 4) is 0 Å². The Bertz CT molecular complexity index is 338. The van der Waals surface area contributed by atoms with Gasteiger partial charge >= 0.3 is 0 Å². The maximum absolute atomic E-state index is 5.75. The van der Waals surface area contributed by atoms with Crippen LogP contribution in [0.3, 0.4) is 0 Å². The zero-order valence-electron chi connectivity index (χ0n) is 15.6. The summed E-state index contributed by atoms with van der Waals surface area (Å²) in [6.07, 6.45) is 8.18. The van der Waals surface area contributed by atoms with Gasteiger partial charge in [0, 0.05) is 32.8 Å². The van der Waals surface area contributed by atoms with Crippen molar-refractivity contribution < 1.29 is 4.74 Å². The van der Waals surface area contributed by atoms with Crippen LogP contribution in [-0.2, 0) is 4.74 Å². The van der Waals surface area contributed by atoms with Gasteiger partial charge in [-0.05, 0) is 52.6 Å². The van der Waals surface area contributed by atoms with Crippen molar-refractivity contribution in [2.75, 3.05) is 52.4 Å². The third-order valence-electron chi connectivity index (χ3n) is 4.86. The van der Waals surface area contributed by atoms with E-state index in [0.29, 0.717) is 6.10 Å². The number of ether oxygens (including phenoxy) is 1. The second kappa shape index (κ2) is 13.2. The number of hydrogen-bond donors (Lipinski definition) is 1. The van der Waals surface area contributed by atoms with Gasteiger partial charge in [0.05, 0.1) is 12.6 Å². The molecule has 2 aliphatic rings. The monoisotopic (exact) mass is 452 g/mol. The molecule has 142 valence electrons. The van der Waals surface area contributed by atoms with Gasteiger partial charge in [0.1, 0.15) is 0 Å². The summed E-state index contributed by atoms with van der Waals surface area (Å²) < 4.78 is 5.75. The third kappa shape index (κ3) is 7.87. The molecule has 2 rings (SSSR count). The van der Waals surface area contributed by atoms with Crippen LogP contribution < -0.4 is 5.32 Å². The molecule has 0 radical (unpaired) electrons. The number of halogens is 1. The van der Waals surface area contributed by atoms with Crippen molar-refractivity contribution in [3.63, 3.8) is 0 Å². The summed E-state index contributed by atoms with van der Waals surface area (Å²) in [4.78, 5) is 9.87. The highest BCUT2D eigenvalue weighted by Gasteiger charge is 2.21. The molecule has 0 aromatic heterocycles. The average Bonchev–Trinajstić information content (AvgIpc) is 2.84. The van der Waals surface area contributed by atoms with Crippen LogP contribution in [0.25, 0.3) is 0 Å². The fraction of sp³-hybridized carbons (Fsp3) is 0.944. The number of nitrogens with one attached hydrogen (secondary N) is 1. The molecule has 0 spiro atoms. The van der Waals surface area contributed by atoms with Gasteiger partial charge < -0.3 is 19.9 Å².